The molecular weight excluding hydrogens is 352 g/mol. The Balaban J connectivity index is 2.46. The van der Waals surface area contributed by atoms with Crippen molar-refractivity contribution in [3.05, 3.63) is 23.8 Å². The van der Waals surface area contributed by atoms with Crippen LogP contribution in [0.1, 0.15) is 29.6 Å². The molecule has 0 unspecified atom stereocenters. The number of hydrogen-bond acceptors (Lipinski definition) is 5. The summed E-state index contributed by atoms with van der Waals surface area (Å²) in [7, 11) is 2.98. The molecule has 7 nitrogen and oxygen atoms in total. The van der Waals surface area contributed by atoms with Crippen molar-refractivity contribution in [3.8, 4) is 0 Å². The van der Waals surface area contributed by atoms with Gasteiger partial charge in [0.05, 0.1) is 10.5 Å². The summed E-state index contributed by atoms with van der Waals surface area (Å²) < 4.78 is 26.2. The minimum atomic E-state index is -3.59. The summed E-state index contributed by atoms with van der Waals surface area (Å²) >= 11 is 0. The number of carbonyl (C=O) groups is 1. The van der Waals surface area contributed by atoms with Gasteiger partial charge in [-0.25, -0.2) is 12.7 Å². The van der Waals surface area contributed by atoms with E-state index in [0.29, 0.717) is 18.7 Å². The zero-order valence-corrected chi connectivity index (χ0v) is 17.0. The third-order valence-corrected chi connectivity index (χ3v) is 6.53. The first kappa shape index (κ1) is 20.7. The van der Waals surface area contributed by atoms with Gasteiger partial charge in [0.2, 0.25) is 10.0 Å². The van der Waals surface area contributed by atoms with E-state index in [0.717, 1.165) is 31.6 Å². The molecule has 0 radical (unpaired) electrons. The second-order valence-corrected chi connectivity index (χ2v) is 9.00. The standard InChI is InChI=1S/C18H30N4O3S/c1-19-10-13-21(4)18(23)16-14-15(26(24,25)20(2)3)8-9-17(16)22-11-6-5-7-12-22/h8-9,14,19H,5-7,10-13H2,1-4H3. The van der Waals surface area contributed by atoms with Crippen LogP contribution in [0.15, 0.2) is 23.1 Å². The number of amides is 1. The first-order chi connectivity index (χ1) is 12.3. The van der Waals surface area contributed by atoms with Crippen LogP contribution in [0.5, 0.6) is 0 Å². The van der Waals surface area contributed by atoms with Gasteiger partial charge in [-0.3, -0.25) is 4.79 Å². The van der Waals surface area contributed by atoms with Crippen LogP contribution in [0, 0.1) is 0 Å². The van der Waals surface area contributed by atoms with E-state index >= 15 is 0 Å². The van der Waals surface area contributed by atoms with Crippen molar-refractivity contribution in [2.75, 3.05) is 59.3 Å². The average Bonchev–Trinajstić information content (AvgIpc) is 2.65. The van der Waals surface area contributed by atoms with E-state index in [-0.39, 0.29) is 10.8 Å². The highest BCUT2D eigenvalue weighted by Gasteiger charge is 2.25. The van der Waals surface area contributed by atoms with Crippen LogP contribution < -0.4 is 10.2 Å². The highest BCUT2D eigenvalue weighted by molar-refractivity contribution is 7.89. The van der Waals surface area contributed by atoms with E-state index in [2.05, 4.69) is 10.2 Å². The molecule has 1 aromatic rings. The second-order valence-electron chi connectivity index (χ2n) is 6.84. The third-order valence-electron chi connectivity index (χ3n) is 4.72. The number of piperidine rings is 1. The number of nitrogens with one attached hydrogen (secondary N) is 1. The summed E-state index contributed by atoms with van der Waals surface area (Å²) in [4.78, 5) is 17.0. The second kappa shape index (κ2) is 8.83. The summed E-state index contributed by atoms with van der Waals surface area (Å²) in [6.45, 7) is 3.01. The summed E-state index contributed by atoms with van der Waals surface area (Å²) in [5.74, 6) is -0.156. The third kappa shape index (κ3) is 4.55. The maximum Gasteiger partial charge on any atom is 0.255 e. The van der Waals surface area contributed by atoms with Crippen molar-refractivity contribution >= 4 is 21.6 Å². The van der Waals surface area contributed by atoms with Gasteiger partial charge in [-0.2, -0.15) is 0 Å². The quantitative estimate of drug-likeness (QED) is 0.768. The molecule has 0 bridgehead atoms. The van der Waals surface area contributed by atoms with Crippen LogP contribution in [0.2, 0.25) is 0 Å². The zero-order chi connectivity index (χ0) is 19.3. The molecule has 0 spiro atoms. The van der Waals surface area contributed by atoms with Crippen molar-refractivity contribution < 1.29 is 13.2 Å². The number of likely N-dealkylation sites (N-methyl/N-ethyl adjacent to an activating group) is 2. The largest absolute Gasteiger partial charge is 0.371 e. The highest BCUT2D eigenvalue weighted by Crippen LogP contribution is 2.28. The Labute approximate surface area is 157 Å². The molecule has 1 N–H and O–H groups in total. The van der Waals surface area contributed by atoms with E-state index in [9.17, 15) is 13.2 Å². The first-order valence-corrected chi connectivity index (χ1v) is 10.4. The fourth-order valence-corrected chi connectivity index (χ4v) is 3.98. The summed E-state index contributed by atoms with van der Waals surface area (Å²) in [6.07, 6.45) is 3.36. The Morgan fingerprint density at radius 2 is 1.81 bits per heavy atom. The van der Waals surface area contributed by atoms with Crippen LogP contribution >= 0.6 is 0 Å². The van der Waals surface area contributed by atoms with Crippen LogP contribution in [-0.4, -0.2) is 77.9 Å². The Morgan fingerprint density at radius 3 is 2.38 bits per heavy atom. The molecular formula is C18H30N4O3S. The lowest BCUT2D eigenvalue weighted by atomic mass is 10.1. The Hall–Kier alpha value is -1.64. The number of hydrogen-bond donors (Lipinski definition) is 1. The molecule has 1 aromatic carbocycles. The molecule has 0 aromatic heterocycles. The van der Waals surface area contributed by atoms with Crippen LogP contribution in [0.4, 0.5) is 5.69 Å². The lowest BCUT2D eigenvalue weighted by Crippen LogP contribution is -2.36. The average molecular weight is 383 g/mol. The van der Waals surface area contributed by atoms with Crippen molar-refractivity contribution in [3.63, 3.8) is 0 Å². The lowest BCUT2D eigenvalue weighted by Gasteiger charge is -2.31. The molecule has 0 atom stereocenters. The maximum absolute atomic E-state index is 13.0. The van der Waals surface area contributed by atoms with Gasteiger partial charge in [-0.05, 0) is 44.5 Å². The van der Waals surface area contributed by atoms with E-state index in [1.54, 1.807) is 24.1 Å². The van der Waals surface area contributed by atoms with Crippen molar-refractivity contribution in [2.45, 2.75) is 24.2 Å². The predicted octanol–water partition coefficient (Wildman–Crippen LogP) is 1.22. The van der Waals surface area contributed by atoms with E-state index in [1.165, 1.54) is 30.9 Å². The van der Waals surface area contributed by atoms with E-state index in [1.807, 2.05) is 7.05 Å². The fourth-order valence-electron chi connectivity index (χ4n) is 3.05. The maximum atomic E-state index is 13.0. The predicted molar refractivity (Wildman–Crippen MR) is 104 cm³/mol. The molecule has 2 rings (SSSR count). The molecule has 0 saturated carbocycles. The SMILES string of the molecule is CNCCN(C)C(=O)c1cc(S(=O)(=O)N(C)C)ccc1N1CCCCC1. The normalized spacial score (nSPS) is 15.3. The van der Waals surface area contributed by atoms with Crippen molar-refractivity contribution in [2.24, 2.45) is 0 Å². The zero-order valence-electron chi connectivity index (χ0n) is 16.2. The van der Waals surface area contributed by atoms with Gasteiger partial charge < -0.3 is 15.1 Å². The lowest BCUT2D eigenvalue weighted by molar-refractivity contribution is 0.0797. The van der Waals surface area contributed by atoms with Crippen molar-refractivity contribution in [1.29, 1.82) is 0 Å². The molecule has 26 heavy (non-hydrogen) atoms. The molecule has 1 fully saturated rings. The Kier molecular flexibility index (Phi) is 7.02. The summed E-state index contributed by atoms with van der Waals surface area (Å²) in [5, 5.41) is 3.03. The topological polar surface area (TPSA) is 73.0 Å². The number of carbonyl (C=O) groups excluding carboxylic acids is 1. The van der Waals surface area contributed by atoms with Gasteiger partial charge in [0.25, 0.3) is 5.91 Å². The minimum Gasteiger partial charge on any atom is -0.371 e. The molecule has 1 heterocycles. The fraction of sp³-hybridized carbons (Fsp3) is 0.611. The summed E-state index contributed by atoms with van der Waals surface area (Å²) in [6, 6.07) is 4.90. The smallest absolute Gasteiger partial charge is 0.255 e. The number of nitrogens with zero attached hydrogens (tertiary/aromatic N) is 3. The first-order valence-electron chi connectivity index (χ1n) is 9.00. The van der Waals surface area contributed by atoms with Gasteiger partial charge >= 0.3 is 0 Å². The molecule has 1 aliphatic heterocycles. The van der Waals surface area contributed by atoms with Gasteiger partial charge in [0.1, 0.15) is 0 Å². The van der Waals surface area contributed by atoms with Gasteiger partial charge in [-0.15, -0.1) is 0 Å². The molecule has 0 aliphatic carbocycles. The number of rotatable bonds is 7. The van der Waals surface area contributed by atoms with Crippen molar-refractivity contribution in [1.82, 2.24) is 14.5 Å². The summed E-state index contributed by atoms with van der Waals surface area (Å²) in [5.41, 5.74) is 1.28. The van der Waals surface area contributed by atoms with Crippen LogP contribution in [0.3, 0.4) is 0 Å². The number of benzene rings is 1. The monoisotopic (exact) mass is 382 g/mol. The van der Waals surface area contributed by atoms with Crippen LogP contribution in [0.25, 0.3) is 0 Å². The molecule has 1 amide bonds. The van der Waals surface area contributed by atoms with Gasteiger partial charge in [-0.1, -0.05) is 0 Å². The highest BCUT2D eigenvalue weighted by atomic mass is 32.2. The number of sulfonamides is 1. The van der Waals surface area contributed by atoms with Crippen LogP contribution in [-0.2, 0) is 10.0 Å². The molecule has 1 saturated heterocycles. The molecule has 1 aliphatic rings. The van der Waals surface area contributed by atoms with Gasteiger partial charge in [0.15, 0.2) is 0 Å². The minimum absolute atomic E-state index is 0.147. The van der Waals surface area contributed by atoms with Gasteiger partial charge in [0, 0.05) is 53.0 Å². The molecule has 8 heteroatoms. The Morgan fingerprint density at radius 1 is 1.15 bits per heavy atom. The van der Waals surface area contributed by atoms with E-state index in [4.69, 9.17) is 0 Å². The number of anilines is 1. The van der Waals surface area contributed by atoms with E-state index < -0.39 is 10.0 Å². The molecule has 146 valence electrons. The Bertz CT molecular complexity index is 728.